The van der Waals surface area contributed by atoms with Crippen LogP contribution in [0.2, 0.25) is 0 Å². The van der Waals surface area contributed by atoms with Crippen LogP contribution in [0.5, 0.6) is 0 Å². The molecular weight excluding hydrogens is 535 g/mol. The van der Waals surface area contributed by atoms with Gasteiger partial charge in [0.05, 0.1) is 16.6 Å². The van der Waals surface area contributed by atoms with Gasteiger partial charge in [0.25, 0.3) is 5.56 Å². The van der Waals surface area contributed by atoms with Gasteiger partial charge < -0.3 is 15.0 Å². The van der Waals surface area contributed by atoms with Crippen molar-refractivity contribution < 1.29 is 13.9 Å². The summed E-state index contributed by atoms with van der Waals surface area (Å²) in [7, 11) is 0. The first kappa shape index (κ1) is 29.9. The largest absolute Gasteiger partial charge is 0.459 e. The van der Waals surface area contributed by atoms with Gasteiger partial charge in [-0.15, -0.1) is 0 Å². The van der Waals surface area contributed by atoms with E-state index in [0.29, 0.717) is 11.2 Å². The van der Waals surface area contributed by atoms with Crippen LogP contribution in [-0.2, 0) is 16.1 Å². The SMILES string of the molecule is CC(C)(C)OC(=O)CN(CCn1c(=O)c2cc(F)c(NC3CCCCC3)cc2n(C2CCCC2)c1=O)c1ccccc1. The first-order chi connectivity index (χ1) is 20.1. The summed E-state index contributed by atoms with van der Waals surface area (Å²) >= 11 is 0. The van der Waals surface area contributed by atoms with E-state index in [4.69, 9.17) is 4.74 Å². The Morgan fingerprint density at radius 3 is 2.33 bits per heavy atom. The van der Waals surface area contributed by atoms with Crippen molar-refractivity contribution >= 4 is 28.2 Å². The molecule has 1 N–H and O–H groups in total. The molecule has 226 valence electrons. The molecule has 9 heteroatoms. The van der Waals surface area contributed by atoms with E-state index < -0.39 is 22.9 Å². The lowest BCUT2D eigenvalue weighted by Crippen LogP contribution is -2.44. The molecule has 0 spiro atoms. The number of esters is 1. The van der Waals surface area contributed by atoms with Crippen LogP contribution in [0.1, 0.15) is 84.6 Å². The molecule has 1 aromatic heterocycles. The fraction of sp³-hybridized carbons (Fsp3) is 0.545. The van der Waals surface area contributed by atoms with E-state index in [-0.39, 0.29) is 42.8 Å². The monoisotopic (exact) mass is 578 g/mol. The van der Waals surface area contributed by atoms with Gasteiger partial charge in [-0.25, -0.2) is 9.18 Å². The van der Waals surface area contributed by atoms with E-state index >= 15 is 4.39 Å². The van der Waals surface area contributed by atoms with Gasteiger partial charge in [-0.05, 0) is 70.7 Å². The molecule has 3 aromatic rings. The number of carbonyl (C=O) groups is 1. The Kier molecular flexibility index (Phi) is 9.04. The average molecular weight is 579 g/mol. The number of para-hydroxylation sites is 1. The van der Waals surface area contributed by atoms with Gasteiger partial charge in [-0.3, -0.25) is 18.7 Å². The fourth-order valence-corrected chi connectivity index (χ4v) is 6.38. The minimum Gasteiger partial charge on any atom is -0.459 e. The molecule has 2 saturated carbocycles. The standard InChI is InChI=1S/C33H43FN4O4/c1-33(2,3)42-30(39)22-36(24-14-8-5-9-15-24)18-19-37-31(40)26-20-27(34)28(35-23-12-6-4-7-13-23)21-29(26)38(32(37)41)25-16-10-11-17-25/h5,8-9,14-15,20-21,23,25,35H,4,6-7,10-13,16-19,22H2,1-3H3. The van der Waals surface area contributed by atoms with E-state index in [0.717, 1.165) is 57.1 Å². The van der Waals surface area contributed by atoms with Crippen LogP contribution in [0.25, 0.3) is 10.9 Å². The third-order valence-corrected chi connectivity index (χ3v) is 8.37. The molecule has 1 heterocycles. The van der Waals surface area contributed by atoms with Crippen molar-refractivity contribution in [2.75, 3.05) is 23.3 Å². The van der Waals surface area contributed by atoms with Crippen LogP contribution in [0.15, 0.2) is 52.1 Å². The Balaban J connectivity index is 1.51. The van der Waals surface area contributed by atoms with Crippen LogP contribution >= 0.6 is 0 Å². The summed E-state index contributed by atoms with van der Waals surface area (Å²) in [6, 6.07) is 12.5. The lowest BCUT2D eigenvalue weighted by molar-refractivity contribution is -0.153. The first-order valence-electron chi connectivity index (χ1n) is 15.4. The van der Waals surface area contributed by atoms with Gasteiger partial charge in [0, 0.05) is 30.9 Å². The number of anilines is 2. The zero-order valence-electron chi connectivity index (χ0n) is 25.0. The molecule has 2 aromatic carbocycles. The summed E-state index contributed by atoms with van der Waals surface area (Å²) in [5.41, 5.74) is 0.0700. The minimum atomic E-state index is -0.640. The molecule has 0 bridgehead atoms. The molecule has 0 saturated heterocycles. The van der Waals surface area contributed by atoms with Gasteiger partial charge >= 0.3 is 11.7 Å². The molecule has 0 unspecified atom stereocenters. The number of nitrogens with one attached hydrogen (secondary N) is 1. The summed E-state index contributed by atoms with van der Waals surface area (Å²) in [6.07, 6.45) is 9.06. The van der Waals surface area contributed by atoms with E-state index in [9.17, 15) is 14.4 Å². The number of fused-ring (bicyclic) bond motifs is 1. The van der Waals surface area contributed by atoms with Crippen LogP contribution < -0.4 is 21.5 Å². The molecule has 2 aliphatic rings. The lowest BCUT2D eigenvalue weighted by Gasteiger charge is -2.27. The van der Waals surface area contributed by atoms with Crippen molar-refractivity contribution in [2.24, 2.45) is 0 Å². The summed E-state index contributed by atoms with van der Waals surface area (Å²) in [5.74, 6) is -0.884. The summed E-state index contributed by atoms with van der Waals surface area (Å²) in [5, 5.41) is 3.56. The Hall–Kier alpha value is -3.62. The number of halogens is 1. The molecule has 0 atom stereocenters. The highest BCUT2D eigenvalue weighted by molar-refractivity contribution is 5.82. The van der Waals surface area contributed by atoms with Crippen molar-refractivity contribution in [2.45, 2.75) is 103 Å². The third-order valence-electron chi connectivity index (χ3n) is 8.37. The van der Waals surface area contributed by atoms with Crippen LogP contribution in [0, 0.1) is 5.82 Å². The average Bonchev–Trinajstić information content (AvgIpc) is 3.48. The van der Waals surface area contributed by atoms with Gasteiger partial charge in [-0.2, -0.15) is 0 Å². The van der Waals surface area contributed by atoms with Crippen molar-refractivity contribution in [1.82, 2.24) is 9.13 Å². The second-order valence-corrected chi connectivity index (χ2v) is 12.7. The highest BCUT2D eigenvalue weighted by Gasteiger charge is 2.26. The van der Waals surface area contributed by atoms with E-state index in [1.54, 1.807) is 10.6 Å². The number of carbonyl (C=O) groups excluding carboxylic acids is 1. The van der Waals surface area contributed by atoms with E-state index in [1.165, 1.54) is 17.1 Å². The summed E-state index contributed by atoms with van der Waals surface area (Å²) < 4.78 is 23.9. The number of hydrogen-bond acceptors (Lipinski definition) is 6. The van der Waals surface area contributed by atoms with Gasteiger partial charge in [-0.1, -0.05) is 50.3 Å². The molecule has 0 aliphatic heterocycles. The fourth-order valence-electron chi connectivity index (χ4n) is 6.38. The third kappa shape index (κ3) is 6.88. The second kappa shape index (κ2) is 12.7. The van der Waals surface area contributed by atoms with E-state index in [1.807, 2.05) is 56.0 Å². The second-order valence-electron chi connectivity index (χ2n) is 12.7. The zero-order valence-corrected chi connectivity index (χ0v) is 25.0. The Morgan fingerprint density at radius 2 is 1.67 bits per heavy atom. The quantitative estimate of drug-likeness (QED) is 0.313. The number of benzene rings is 2. The molecule has 2 aliphatic carbocycles. The lowest BCUT2D eigenvalue weighted by atomic mass is 9.95. The van der Waals surface area contributed by atoms with Crippen molar-refractivity contribution in [3.05, 3.63) is 69.1 Å². The van der Waals surface area contributed by atoms with Crippen molar-refractivity contribution in [3.8, 4) is 0 Å². The number of ether oxygens (including phenoxy) is 1. The van der Waals surface area contributed by atoms with E-state index in [2.05, 4.69) is 5.32 Å². The van der Waals surface area contributed by atoms with Crippen LogP contribution in [-0.4, -0.2) is 39.8 Å². The normalized spacial score (nSPS) is 16.6. The summed E-state index contributed by atoms with van der Waals surface area (Å²) in [4.78, 5) is 42.4. The number of aromatic nitrogens is 2. The molecule has 0 radical (unpaired) electrons. The first-order valence-corrected chi connectivity index (χ1v) is 15.4. The summed E-state index contributed by atoms with van der Waals surface area (Å²) in [6.45, 7) is 5.67. The molecule has 5 rings (SSSR count). The molecule has 2 fully saturated rings. The number of hydrogen-bond donors (Lipinski definition) is 1. The smallest absolute Gasteiger partial charge is 0.331 e. The molecule has 0 amide bonds. The maximum Gasteiger partial charge on any atom is 0.331 e. The highest BCUT2D eigenvalue weighted by Crippen LogP contribution is 2.32. The molecule has 8 nitrogen and oxygen atoms in total. The number of rotatable bonds is 9. The maximum atomic E-state index is 15.5. The molecular formula is C33H43FN4O4. The minimum absolute atomic E-state index is 0.0365. The maximum absolute atomic E-state index is 15.5. The van der Waals surface area contributed by atoms with Gasteiger partial charge in [0.1, 0.15) is 18.0 Å². The topological polar surface area (TPSA) is 85.6 Å². The van der Waals surface area contributed by atoms with Gasteiger partial charge in [0.2, 0.25) is 0 Å². The Morgan fingerprint density at radius 1 is 1.00 bits per heavy atom. The predicted octanol–water partition coefficient (Wildman–Crippen LogP) is 6.01. The Labute approximate surface area is 246 Å². The predicted molar refractivity (Wildman–Crippen MR) is 165 cm³/mol. The van der Waals surface area contributed by atoms with Crippen LogP contribution in [0.3, 0.4) is 0 Å². The number of nitrogens with zero attached hydrogens (tertiary/aromatic N) is 3. The molecule has 42 heavy (non-hydrogen) atoms. The highest BCUT2D eigenvalue weighted by atomic mass is 19.1. The van der Waals surface area contributed by atoms with Crippen LogP contribution in [0.4, 0.5) is 15.8 Å². The zero-order chi connectivity index (χ0) is 29.9. The van der Waals surface area contributed by atoms with Gasteiger partial charge in [0.15, 0.2) is 0 Å². The Bertz CT molecular complexity index is 1510. The van der Waals surface area contributed by atoms with Crippen molar-refractivity contribution in [3.63, 3.8) is 0 Å². The van der Waals surface area contributed by atoms with Crippen molar-refractivity contribution in [1.29, 1.82) is 0 Å².